The maximum absolute atomic E-state index is 14.1. The lowest BCUT2D eigenvalue weighted by Gasteiger charge is -2.35. The van der Waals surface area contributed by atoms with Gasteiger partial charge in [-0.05, 0) is 109 Å². The number of aromatic nitrogens is 4. The standard InChI is InChI=1S/C59H64ClN9O7S2/c1-33-22-26-77-53(33)42-11-9-38(10-12-42)30-62-56(73)47-28-45(70)31-68(47)57(74)54(59(6,7)8)65-49(72)32-75-24-25-76-50-27-43(21-23-61-50)40-15-13-39(14-16-40)35(3)63-48(71)29-46-55-67-66-37(5)69(55)58-51(34(2)36(4)78-58)52(64-46)41-17-19-44(60)20-18-41/h9-23,26-27,35,45-47,54,70H,24-25,28-32H2,1-8H3,(H,62,73)(H,63,71)(H,65,72)/t35-,45-,46+,47+,54-/m1/s1. The minimum Gasteiger partial charge on any atom is -0.475 e. The number of hydrogen-bond donors (Lipinski definition) is 4. The number of rotatable bonds is 18. The van der Waals surface area contributed by atoms with Gasteiger partial charge >= 0.3 is 0 Å². The summed E-state index contributed by atoms with van der Waals surface area (Å²) < 4.78 is 13.6. The third-order valence-electron chi connectivity index (χ3n) is 14.1. The minimum atomic E-state index is -0.997. The Morgan fingerprint density at radius 3 is 2.28 bits per heavy atom. The first-order valence-electron chi connectivity index (χ1n) is 25.9. The molecule has 406 valence electrons. The molecule has 4 N–H and O–H groups in total. The molecule has 6 heterocycles. The molecule has 0 bridgehead atoms. The van der Waals surface area contributed by atoms with Crippen molar-refractivity contribution in [3.8, 4) is 32.4 Å². The van der Waals surface area contributed by atoms with Gasteiger partial charge in [-0.15, -0.1) is 32.9 Å². The molecule has 19 heteroatoms. The Bertz CT molecular complexity index is 3350. The molecule has 4 amide bonds. The second-order valence-electron chi connectivity index (χ2n) is 20.9. The number of nitrogens with zero attached hydrogens (tertiary/aromatic N) is 6. The van der Waals surface area contributed by atoms with E-state index >= 15 is 0 Å². The smallest absolute Gasteiger partial charge is 0.246 e. The van der Waals surface area contributed by atoms with Crippen molar-refractivity contribution in [3.05, 3.63) is 158 Å². The zero-order chi connectivity index (χ0) is 55.4. The Labute approximate surface area is 467 Å². The van der Waals surface area contributed by atoms with E-state index in [-0.39, 0.29) is 63.6 Å². The molecule has 4 aromatic heterocycles. The van der Waals surface area contributed by atoms with Gasteiger partial charge in [0.2, 0.25) is 29.5 Å². The molecule has 0 aliphatic carbocycles. The number of carbonyl (C=O) groups excluding carboxylic acids is 4. The van der Waals surface area contributed by atoms with E-state index in [1.165, 1.54) is 20.2 Å². The highest BCUT2D eigenvalue weighted by molar-refractivity contribution is 7.15. The summed E-state index contributed by atoms with van der Waals surface area (Å²) in [6.07, 6.45) is 0.908. The topological polar surface area (TPSA) is 202 Å². The number of aryl methyl sites for hydroxylation is 3. The fourth-order valence-electron chi connectivity index (χ4n) is 9.77. The fraction of sp³-hybridized carbons (Fsp3) is 0.356. The third kappa shape index (κ3) is 12.6. The van der Waals surface area contributed by atoms with Gasteiger partial charge in [-0.3, -0.25) is 28.7 Å². The number of hydrogen-bond acceptors (Lipinski definition) is 13. The number of aliphatic hydroxyl groups is 1. The summed E-state index contributed by atoms with van der Waals surface area (Å²) in [4.78, 5) is 68.1. The largest absolute Gasteiger partial charge is 0.475 e. The number of nitrogens with one attached hydrogen (secondary N) is 3. The van der Waals surface area contributed by atoms with Crippen molar-refractivity contribution in [2.45, 2.75) is 105 Å². The number of carbonyl (C=O) groups is 4. The summed E-state index contributed by atoms with van der Waals surface area (Å²) in [5.41, 5.74) is 8.98. The minimum absolute atomic E-state index is 0.0302. The molecule has 78 heavy (non-hydrogen) atoms. The van der Waals surface area contributed by atoms with Crippen molar-refractivity contribution >= 4 is 63.6 Å². The Balaban J connectivity index is 0.747. The predicted molar refractivity (Wildman–Crippen MR) is 304 cm³/mol. The monoisotopic (exact) mass is 1110 g/mol. The molecular weight excluding hydrogens is 1050 g/mol. The van der Waals surface area contributed by atoms with Crippen LogP contribution >= 0.6 is 34.3 Å². The van der Waals surface area contributed by atoms with Gasteiger partial charge in [0, 0.05) is 57.7 Å². The fourth-order valence-corrected chi connectivity index (χ4v) is 12.0. The lowest BCUT2D eigenvalue weighted by atomic mass is 9.85. The number of aliphatic hydroxyl groups excluding tert-OH is 1. The van der Waals surface area contributed by atoms with Crippen LogP contribution in [0.3, 0.4) is 0 Å². The number of thiophene rings is 2. The number of benzene rings is 3. The van der Waals surface area contributed by atoms with Crippen molar-refractivity contribution in [1.29, 1.82) is 0 Å². The number of aliphatic imine (C=N–C) groups is 1. The average molecular weight is 1110 g/mol. The summed E-state index contributed by atoms with van der Waals surface area (Å²) >= 11 is 9.63. The van der Waals surface area contributed by atoms with Gasteiger partial charge in [0.25, 0.3) is 0 Å². The van der Waals surface area contributed by atoms with Gasteiger partial charge in [0.15, 0.2) is 5.82 Å². The molecule has 7 aromatic rings. The molecule has 0 radical (unpaired) electrons. The van der Waals surface area contributed by atoms with Crippen molar-refractivity contribution in [2.24, 2.45) is 10.4 Å². The molecule has 2 aliphatic rings. The highest BCUT2D eigenvalue weighted by Crippen LogP contribution is 2.40. The number of amides is 4. The molecule has 0 unspecified atom stereocenters. The first kappa shape index (κ1) is 55.7. The molecule has 9 rings (SSSR count). The van der Waals surface area contributed by atoms with E-state index in [9.17, 15) is 24.3 Å². The number of halogens is 1. The van der Waals surface area contributed by atoms with Crippen molar-refractivity contribution < 1.29 is 33.8 Å². The number of ether oxygens (including phenoxy) is 2. The maximum Gasteiger partial charge on any atom is 0.246 e. The van der Waals surface area contributed by atoms with E-state index in [0.29, 0.717) is 16.7 Å². The van der Waals surface area contributed by atoms with Crippen LogP contribution in [0.1, 0.15) is 103 Å². The van der Waals surface area contributed by atoms with Gasteiger partial charge in [0.05, 0.1) is 30.9 Å². The molecule has 0 spiro atoms. The first-order valence-corrected chi connectivity index (χ1v) is 28.0. The first-order chi connectivity index (χ1) is 37.3. The van der Waals surface area contributed by atoms with Gasteiger partial charge < -0.3 is 35.4 Å². The molecule has 3 aromatic carbocycles. The molecular formula is C59H64ClN9O7S2. The van der Waals surface area contributed by atoms with E-state index in [1.807, 2.05) is 124 Å². The molecule has 1 fully saturated rings. The summed E-state index contributed by atoms with van der Waals surface area (Å²) in [7, 11) is 0. The molecule has 1 saturated heterocycles. The maximum atomic E-state index is 14.1. The Morgan fingerprint density at radius 1 is 0.859 bits per heavy atom. The van der Waals surface area contributed by atoms with Gasteiger partial charge in [-0.1, -0.05) is 93.0 Å². The van der Waals surface area contributed by atoms with E-state index in [1.54, 1.807) is 28.9 Å². The average Bonchev–Trinajstić information content (AvgIpc) is 4.40. The highest BCUT2D eigenvalue weighted by atomic mass is 35.5. The van der Waals surface area contributed by atoms with E-state index in [0.717, 1.165) is 61.0 Å². The number of β-amino-alcohol motifs (C(OH)–C–C–N with tert-alkyl or cyclic N) is 1. The molecule has 5 atom stereocenters. The van der Waals surface area contributed by atoms with Gasteiger partial charge in [-0.2, -0.15) is 0 Å². The van der Waals surface area contributed by atoms with E-state index in [4.69, 9.17) is 26.1 Å². The molecule has 16 nitrogen and oxygen atoms in total. The summed E-state index contributed by atoms with van der Waals surface area (Å²) in [6, 6.07) is 26.5. The second-order valence-corrected chi connectivity index (χ2v) is 23.5. The third-order valence-corrected chi connectivity index (χ3v) is 16.6. The van der Waals surface area contributed by atoms with Crippen LogP contribution in [0.15, 0.2) is 108 Å². The van der Waals surface area contributed by atoms with Crippen LogP contribution in [0, 0.1) is 33.1 Å². The van der Waals surface area contributed by atoms with Crippen molar-refractivity contribution in [3.63, 3.8) is 0 Å². The van der Waals surface area contributed by atoms with Crippen LogP contribution in [-0.4, -0.2) is 104 Å². The Kier molecular flexibility index (Phi) is 17.0. The zero-order valence-electron chi connectivity index (χ0n) is 44.9. The SMILES string of the molecule is Cc1ccsc1-c1ccc(CNC(=O)[C@@H]2C[C@@H](O)CN2C(=O)[C@@H](NC(=O)COCCOc2cc(-c3ccc([C@@H](C)NC(=O)C[C@@H]4N=C(c5ccc(Cl)cc5)c5c(sc(C)c5C)-n5c(C)nnc54)cc3)ccn2)C(C)(C)C)cc1. The summed E-state index contributed by atoms with van der Waals surface area (Å²) in [5.74, 6) is 0.173. The predicted octanol–water partition coefficient (Wildman–Crippen LogP) is 9.37. The normalized spacial score (nSPS) is 16.8. The number of fused-ring (bicyclic) bond motifs is 3. The van der Waals surface area contributed by atoms with Crippen LogP contribution in [0.4, 0.5) is 0 Å². The van der Waals surface area contributed by atoms with Gasteiger partial charge in [0.1, 0.15) is 42.2 Å². The van der Waals surface area contributed by atoms with Gasteiger partial charge in [-0.25, -0.2) is 4.98 Å². The van der Waals surface area contributed by atoms with Crippen LogP contribution in [0.2, 0.25) is 5.02 Å². The Hall–Kier alpha value is -7.09. The lowest BCUT2D eigenvalue weighted by Crippen LogP contribution is -2.58. The zero-order valence-corrected chi connectivity index (χ0v) is 47.3. The number of likely N-dealkylation sites (tertiary alicyclic amines) is 1. The van der Waals surface area contributed by atoms with Crippen LogP contribution in [0.5, 0.6) is 5.88 Å². The second kappa shape index (κ2) is 23.9. The molecule has 2 aliphatic heterocycles. The van der Waals surface area contributed by atoms with Crippen molar-refractivity contribution in [2.75, 3.05) is 26.4 Å². The van der Waals surface area contributed by atoms with Crippen molar-refractivity contribution in [1.82, 2.24) is 40.6 Å². The molecule has 0 saturated carbocycles. The summed E-state index contributed by atoms with van der Waals surface area (Å²) in [5, 5.41) is 32.2. The van der Waals surface area contributed by atoms with Crippen LogP contribution < -0.4 is 20.7 Å². The van der Waals surface area contributed by atoms with E-state index in [2.05, 4.69) is 63.3 Å². The van der Waals surface area contributed by atoms with Crippen LogP contribution in [-0.2, 0) is 30.5 Å². The van der Waals surface area contributed by atoms with Crippen LogP contribution in [0.25, 0.3) is 26.6 Å². The summed E-state index contributed by atoms with van der Waals surface area (Å²) in [6.45, 7) is 15.7. The van der Waals surface area contributed by atoms with E-state index < -0.39 is 41.5 Å². The Morgan fingerprint density at radius 2 is 1.58 bits per heavy atom. The number of pyridine rings is 1. The highest BCUT2D eigenvalue weighted by Gasteiger charge is 2.44. The quantitative estimate of drug-likeness (QED) is 0.0600. The lowest BCUT2D eigenvalue weighted by molar-refractivity contribution is -0.144.